The van der Waals surface area contributed by atoms with Crippen LogP contribution >= 0.6 is 7.92 Å². The van der Waals surface area contributed by atoms with Crippen molar-refractivity contribution in [1.82, 2.24) is 4.31 Å². The Morgan fingerprint density at radius 3 is 1.81 bits per heavy atom. The Labute approximate surface area is 289 Å². The highest BCUT2D eigenvalue weighted by Gasteiger charge is 2.41. The Morgan fingerprint density at radius 1 is 0.646 bits per heavy atom. The quantitative estimate of drug-likeness (QED) is 0.159. The lowest BCUT2D eigenvalue weighted by molar-refractivity contribution is 0.390. The van der Waals surface area contributed by atoms with Gasteiger partial charge in [-0.3, -0.25) is 0 Å². The summed E-state index contributed by atoms with van der Waals surface area (Å²) in [5.74, 6) is 1.78. The van der Waals surface area contributed by atoms with Crippen LogP contribution < -0.4 is 20.7 Å². The lowest BCUT2D eigenvalue weighted by Gasteiger charge is -2.40. The molecule has 7 rings (SSSR count). The smallest absolute Gasteiger partial charge is 0.139 e. The number of hydrogen-bond acceptors (Lipinski definition) is 2. The summed E-state index contributed by atoms with van der Waals surface area (Å²) >= 11 is 0. The first-order valence-corrected chi connectivity index (χ1v) is 19.0. The molecule has 0 saturated heterocycles. The van der Waals surface area contributed by atoms with Crippen LogP contribution in [0.2, 0.25) is 0 Å². The second kappa shape index (κ2) is 12.7. The largest absolute Gasteiger partial charge is 0.456 e. The Morgan fingerprint density at radius 2 is 1.17 bits per heavy atom. The molecule has 1 aliphatic heterocycles. The maximum absolute atomic E-state index is 14.2. The molecule has 0 radical (unpaired) electrons. The fourth-order valence-corrected chi connectivity index (χ4v) is 10.8. The van der Waals surface area contributed by atoms with Crippen molar-refractivity contribution in [2.75, 3.05) is 7.05 Å². The first-order chi connectivity index (χ1) is 23.1. The highest BCUT2D eigenvalue weighted by molar-refractivity contribution is 7.84. The summed E-state index contributed by atoms with van der Waals surface area (Å²) in [5.41, 5.74) is 4.10. The second-order valence-corrected chi connectivity index (χ2v) is 18.5. The summed E-state index contributed by atoms with van der Waals surface area (Å²) in [6.07, 6.45) is 0. The monoisotopic (exact) mass is 667 g/mol. The second-order valence-electron chi connectivity index (χ2n) is 14.0. The number of para-hydroxylation sites is 2. The molecule has 48 heavy (non-hydrogen) atoms. The summed E-state index contributed by atoms with van der Waals surface area (Å²) in [6, 6.07) is 49.4. The van der Waals surface area contributed by atoms with Crippen LogP contribution in [0.5, 0.6) is 11.5 Å². The highest BCUT2D eigenvalue weighted by atomic mass is 32.2. The lowest BCUT2D eigenvalue weighted by Crippen LogP contribution is -2.38. The molecule has 3 nitrogen and oxygen atoms in total. The summed E-state index contributed by atoms with van der Waals surface area (Å²) < 4.78 is 23.1. The molecule has 0 saturated carbocycles. The molecule has 0 spiro atoms. The van der Waals surface area contributed by atoms with Crippen LogP contribution in [0.1, 0.15) is 62.9 Å². The summed E-state index contributed by atoms with van der Waals surface area (Å²) in [4.78, 5) is 0. The van der Waals surface area contributed by atoms with Crippen molar-refractivity contribution in [2.24, 2.45) is 0 Å². The lowest BCUT2D eigenvalue weighted by atomic mass is 9.74. The number of nitrogens with zero attached hydrogens (tertiary/aromatic N) is 1. The minimum absolute atomic E-state index is 0.319. The molecule has 0 bridgehead atoms. The van der Waals surface area contributed by atoms with E-state index >= 15 is 0 Å². The predicted octanol–water partition coefficient (Wildman–Crippen LogP) is 9.51. The molecule has 1 aliphatic rings. The zero-order chi connectivity index (χ0) is 33.6. The van der Waals surface area contributed by atoms with Gasteiger partial charge < -0.3 is 4.74 Å². The first-order valence-electron chi connectivity index (χ1n) is 16.5. The van der Waals surface area contributed by atoms with Gasteiger partial charge in [-0.2, -0.15) is 0 Å². The fraction of sp³-hybridized carbons (Fsp3) is 0.209. The zero-order valence-corrected chi connectivity index (χ0v) is 30.2. The van der Waals surface area contributed by atoms with E-state index in [1.165, 1.54) is 21.5 Å². The molecule has 0 fully saturated rings. The van der Waals surface area contributed by atoms with Crippen molar-refractivity contribution in [3.63, 3.8) is 0 Å². The van der Waals surface area contributed by atoms with Gasteiger partial charge in [0, 0.05) is 34.5 Å². The maximum Gasteiger partial charge on any atom is 0.139 e. The van der Waals surface area contributed by atoms with Crippen LogP contribution in [-0.4, -0.2) is 20.3 Å². The zero-order valence-electron chi connectivity index (χ0n) is 28.5. The summed E-state index contributed by atoms with van der Waals surface area (Å²) in [5, 5.41) is 6.06. The van der Waals surface area contributed by atoms with Crippen LogP contribution in [0.15, 0.2) is 140 Å². The van der Waals surface area contributed by atoms with Gasteiger partial charge in [0.2, 0.25) is 0 Å². The minimum Gasteiger partial charge on any atom is -0.456 e. The van der Waals surface area contributed by atoms with Gasteiger partial charge in [-0.1, -0.05) is 153 Å². The molecular formula is C43H42NO2PS. The summed E-state index contributed by atoms with van der Waals surface area (Å²) in [6.45, 7) is 10.7. The van der Waals surface area contributed by atoms with Crippen molar-refractivity contribution in [3.8, 4) is 11.5 Å². The number of hydrogen-bond donors (Lipinski definition) is 0. The van der Waals surface area contributed by atoms with Crippen LogP contribution in [-0.2, 0) is 16.4 Å². The molecule has 5 heteroatoms. The molecule has 0 amide bonds. The minimum atomic E-state index is -1.30. The number of benzene rings is 6. The van der Waals surface area contributed by atoms with Gasteiger partial charge in [-0.05, 0) is 55.6 Å². The van der Waals surface area contributed by atoms with E-state index < -0.39 is 23.7 Å². The van der Waals surface area contributed by atoms with E-state index in [-0.39, 0.29) is 11.5 Å². The Bertz CT molecular complexity index is 2080. The Balaban J connectivity index is 1.47. The fourth-order valence-electron chi connectivity index (χ4n) is 7.08. The molecule has 6 aromatic carbocycles. The van der Waals surface area contributed by atoms with E-state index in [4.69, 9.17) is 4.74 Å². The standard InChI is InChI=1S/C43H42NO2PS/c1-42(2,3)48(45)44(6)39(34-25-15-19-30-18-13-14-24-33(30)34)35-26-16-27-36-40(35)46-41-37(43(36,4)5)28-17-29-38(41)47(31-20-9-7-10-21-31)32-22-11-8-12-23-32/h7-29,39H,1-6H3/t39-,48?/m0/s1. The van der Waals surface area contributed by atoms with E-state index in [1.54, 1.807) is 0 Å². The Kier molecular flexibility index (Phi) is 8.62. The predicted molar refractivity (Wildman–Crippen MR) is 205 cm³/mol. The van der Waals surface area contributed by atoms with Crippen molar-refractivity contribution in [2.45, 2.75) is 50.8 Å². The SMILES string of the molecule is CN([C@H](c1cccc2c1Oc1c(P(c3ccccc3)c3ccccc3)cccc1C2(C)C)c1cccc2ccccc12)S(=O)C(C)(C)C. The van der Waals surface area contributed by atoms with Crippen molar-refractivity contribution < 1.29 is 8.95 Å². The van der Waals surface area contributed by atoms with E-state index in [0.29, 0.717) is 0 Å². The molecular weight excluding hydrogens is 626 g/mol. The third kappa shape index (κ3) is 5.71. The molecule has 2 atom stereocenters. The molecule has 0 N–H and O–H groups in total. The Hall–Kier alpha value is -4.08. The number of ether oxygens (including phenoxy) is 1. The van der Waals surface area contributed by atoms with E-state index in [1.807, 2.05) is 32.1 Å². The van der Waals surface area contributed by atoms with E-state index in [2.05, 4.69) is 153 Å². The third-order valence-corrected chi connectivity index (χ3v) is 13.7. The first kappa shape index (κ1) is 32.5. The van der Waals surface area contributed by atoms with Gasteiger partial charge >= 0.3 is 0 Å². The molecule has 0 aromatic heterocycles. The number of fused-ring (bicyclic) bond motifs is 3. The topological polar surface area (TPSA) is 29.5 Å². The van der Waals surface area contributed by atoms with Gasteiger partial charge in [-0.25, -0.2) is 8.51 Å². The third-order valence-electron chi connectivity index (χ3n) is 9.42. The normalized spacial score (nSPS) is 15.1. The van der Waals surface area contributed by atoms with Crippen LogP contribution in [0.3, 0.4) is 0 Å². The van der Waals surface area contributed by atoms with Crippen LogP contribution in [0.25, 0.3) is 10.8 Å². The van der Waals surface area contributed by atoms with Gasteiger partial charge in [0.05, 0.1) is 10.8 Å². The van der Waals surface area contributed by atoms with Crippen molar-refractivity contribution >= 4 is 45.6 Å². The number of rotatable bonds is 7. The molecule has 1 unspecified atom stereocenters. The molecule has 1 heterocycles. The van der Waals surface area contributed by atoms with Crippen LogP contribution in [0.4, 0.5) is 0 Å². The van der Waals surface area contributed by atoms with Gasteiger partial charge in [0.25, 0.3) is 0 Å². The average molecular weight is 668 g/mol. The van der Waals surface area contributed by atoms with Crippen molar-refractivity contribution in [3.05, 3.63) is 162 Å². The van der Waals surface area contributed by atoms with E-state index in [0.717, 1.165) is 39.0 Å². The summed E-state index contributed by atoms with van der Waals surface area (Å²) in [7, 11) is -0.217. The van der Waals surface area contributed by atoms with Gasteiger partial charge in [-0.15, -0.1) is 0 Å². The van der Waals surface area contributed by atoms with Crippen molar-refractivity contribution in [1.29, 1.82) is 0 Å². The highest BCUT2D eigenvalue weighted by Crippen LogP contribution is 2.53. The van der Waals surface area contributed by atoms with Gasteiger partial charge in [0.15, 0.2) is 0 Å². The average Bonchev–Trinajstić information content (AvgIpc) is 3.09. The van der Waals surface area contributed by atoms with Crippen LogP contribution in [0, 0.1) is 0 Å². The molecule has 6 aromatic rings. The maximum atomic E-state index is 14.2. The molecule has 0 aliphatic carbocycles. The molecule has 242 valence electrons. The van der Waals surface area contributed by atoms with E-state index in [9.17, 15) is 4.21 Å². The van der Waals surface area contributed by atoms with Gasteiger partial charge in [0.1, 0.15) is 22.5 Å².